The van der Waals surface area contributed by atoms with Gasteiger partial charge in [-0.25, -0.2) is 0 Å². The van der Waals surface area contributed by atoms with Crippen molar-refractivity contribution in [3.05, 3.63) is 35.4 Å². The van der Waals surface area contributed by atoms with Gasteiger partial charge in [-0.05, 0) is 17.5 Å². The molecule has 3 rings (SSSR count). The summed E-state index contributed by atoms with van der Waals surface area (Å²) in [7, 11) is 0. The molecule has 0 radical (unpaired) electrons. The van der Waals surface area contributed by atoms with Gasteiger partial charge in [-0.1, -0.05) is 24.3 Å². The van der Waals surface area contributed by atoms with Crippen LogP contribution in [0.2, 0.25) is 0 Å². The minimum Gasteiger partial charge on any atom is -0.378 e. The molecule has 2 aliphatic rings. The van der Waals surface area contributed by atoms with Crippen LogP contribution in [0.15, 0.2) is 24.3 Å². The van der Waals surface area contributed by atoms with Crippen molar-refractivity contribution in [1.29, 1.82) is 0 Å². The summed E-state index contributed by atoms with van der Waals surface area (Å²) in [6, 6.07) is 7.48. The van der Waals surface area contributed by atoms with Crippen molar-refractivity contribution in [2.24, 2.45) is 5.73 Å². The van der Waals surface area contributed by atoms with Gasteiger partial charge in [0.15, 0.2) is 0 Å². The van der Waals surface area contributed by atoms with Crippen molar-refractivity contribution in [1.82, 2.24) is 9.80 Å². The first-order chi connectivity index (χ1) is 11.2. The van der Waals surface area contributed by atoms with Gasteiger partial charge in [0.2, 0.25) is 11.8 Å². The quantitative estimate of drug-likeness (QED) is 0.868. The second kappa shape index (κ2) is 7.10. The van der Waals surface area contributed by atoms with Crippen LogP contribution in [0.1, 0.15) is 23.6 Å². The molecule has 1 unspecified atom stereocenters. The van der Waals surface area contributed by atoms with Gasteiger partial charge >= 0.3 is 0 Å². The number of benzene rings is 1. The molecule has 0 spiro atoms. The zero-order valence-corrected chi connectivity index (χ0v) is 13.2. The third kappa shape index (κ3) is 3.54. The van der Waals surface area contributed by atoms with Gasteiger partial charge in [0.05, 0.1) is 13.2 Å². The molecule has 1 atom stereocenters. The molecule has 0 saturated carbocycles. The van der Waals surface area contributed by atoms with Crippen LogP contribution in [0.5, 0.6) is 0 Å². The summed E-state index contributed by atoms with van der Waals surface area (Å²) in [5, 5.41) is 0. The average Bonchev–Trinajstić information content (AvgIpc) is 2.59. The molecule has 0 aliphatic carbocycles. The second-order valence-corrected chi connectivity index (χ2v) is 6.03. The summed E-state index contributed by atoms with van der Waals surface area (Å²) in [6.45, 7) is 3.82. The largest absolute Gasteiger partial charge is 0.378 e. The standard InChI is InChI=1S/C17H23N3O3/c18-17(22)16-14-4-2-1-3-13(14)5-7-20(16)8-6-15(21)19-9-11-23-12-10-19/h1-4,16H,5-12H2,(H2,18,22). The molecular weight excluding hydrogens is 294 g/mol. The predicted octanol–water partition coefficient (Wildman–Crippen LogP) is 0.320. The van der Waals surface area contributed by atoms with E-state index >= 15 is 0 Å². The van der Waals surface area contributed by atoms with Crippen molar-refractivity contribution in [2.45, 2.75) is 18.9 Å². The van der Waals surface area contributed by atoms with Crippen LogP contribution in [0.25, 0.3) is 0 Å². The molecule has 2 amide bonds. The van der Waals surface area contributed by atoms with E-state index in [2.05, 4.69) is 0 Å². The zero-order chi connectivity index (χ0) is 16.2. The van der Waals surface area contributed by atoms with Gasteiger partial charge in [0.1, 0.15) is 6.04 Å². The third-order valence-electron chi connectivity index (χ3n) is 4.63. The molecule has 23 heavy (non-hydrogen) atoms. The highest BCUT2D eigenvalue weighted by molar-refractivity contribution is 5.82. The highest BCUT2D eigenvalue weighted by Gasteiger charge is 2.31. The summed E-state index contributed by atoms with van der Waals surface area (Å²) in [5.74, 6) is -0.230. The molecule has 1 fully saturated rings. The molecule has 2 heterocycles. The number of morpholine rings is 1. The van der Waals surface area contributed by atoms with Crippen molar-refractivity contribution < 1.29 is 14.3 Å². The van der Waals surface area contributed by atoms with Crippen molar-refractivity contribution in [3.8, 4) is 0 Å². The molecule has 1 aromatic carbocycles. The van der Waals surface area contributed by atoms with E-state index in [-0.39, 0.29) is 11.8 Å². The summed E-state index contributed by atoms with van der Waals surface area (Å²) in [6.07, 6.45) is 1.29. The van der Waals surface area contributed by atoms with Gasteiger partial charge in [-0.3, -0.25) is 14.5 Å². The van der Waals surface area contributed by atoms with E-state index in [1.54, 1.807) is 0 Å². The summed E-state index contributed by atoms with van der Waals surface area (Å²) >= 11 is 0. The number of ether oxygens (including phenoxy) is 1. The topological polar surface area (TPSA) is 75.9 Å². The minimum absolute atomic E-state index is 0.121. The Hall–Kier alpha value is -1.92. The first-order valence-corrected chi connectivity index (χ1v) is 8.13. The van der Waals surface area contributed by atoms with Gasteiger partial charge < -0.3 is 15.4 Å². The maximum Gasteiger partial charge on any atom is 0.239 e. The normalized spacial score (nSPS) is 21.7. The van der Waals surface area contributed by atoms with E-state index in [9.17, 15) is 9.59 Å². The Balaban J connectivity index is 1.65. The van der Waals surface area contributed by atoms with Gasteiger partial charge in [-0.15, -0.1) is 0 Å². The lowest BCUT2D eigenvalue weighted by Gasteiger charge is -2.36. The Kier molecular flexibility index (Phi) is 4.93. The lowest BCUT2D eigenvalue weighted by atomic mass is 9.92. The molecule has 124 valence electrons. The van der Waals surface area contributed by atoms with E-state index in [0.717, 1.165) is 18.5 Å². The lowest BCUT2D eigenvalue weighted by Crippen LogP contribution is -2.45. The lowest BCUT2D eigenvalue weighted by molar-refractivity contribution is -0.136. The maximum absolute atomic E-state index is 12.3. The van der Waals surface area contributed by atoms with Crippen LogP contribution in [0, 0.1) is 0 Å². The fourth-order valence-electron chi connectivity index (χ4n) is 3.40. The fourth-order valence-corrected chi connectivity index (χ4v) is 3.40. The van der Waals surface area contributed by atoms with E-state index in [4.69, 9.17) is 10.5 Å². The van der Waals surface area contributed by atoms with E-state index in [0.29, 0.717) is 39.3 Å². The number of amides is 2. The highest BCUT2D eigenvalue weighted by atomic mass is 16.5. The van der Waals surface area contributed by atoms with Crippen molar-refractivity contribution in [3.63, 3.8) is 0 Å². The Morgan fingerprint density at radius 3 is 2.65 bits per heavy atom. The SMILES string of the molecule is NC(=O)C1c2ccccc2CCN1CCC(=O)N1CCOCC1. The Labute approximate surface area is 136 Å². The molecule has 1 saturated heterocycles. The first kappa shape index (κ1) is 16.0. The maximum atomic E-state index is 12.3. The number of hydrogen-bond donors (Lipinski definition) is 1. The number of nitrogens with zero attached hydrogens (tertiary/aromatic N) is 2. The van der Waals surface area contributed by atoms with Crippen molar-refractivity contribution >= 4 is 11.8 Å². The second-order valence-electron chi connectivity index (χ2n) is 6.03. The zero-order valence-electron chi connectivity index (χ0n) is 13.2. The number of rotatable bonds is 4. The molecule has 2 N–H and O–H groups in total. The number of primary amides is 1. The Morgan fingerprint density at radius 2 is 1.91 bits per heavy atom. The van der Waals surface area contributed by atoms with Crippen molar-refractivity contribution in [2.75, 3.05) is 39.4 Å². The molecule has 1 aromatic rings. The molecule has 6 heteroatoms. The molecule has 2 aliphatic heterocycles. The summed E-state index contributed by atoms with van der Waals surface area (Å²) in [5.41, 5.74) is 7.78. The monoisotopic (exact) mass is 317 g/mol. The fraction of sp³-hybridized carbons (Fsp3) is 0.529. The third-order valence-corrected chi connectivity index (χ3v) is 4.63. The highest BCUT2D eigenvalue weighted by Crippen LogP contribution is 2.29. The molecular formula is C17H23N3O3. The van der Waals surface area contributed by atoms with Gasteiger partial charge in [0, 0.05) is 32.6 Å². The molecule has 6 nitrogen and oxygen atoms in total. The first-order valence-electron chi connectivity index (χ1n) is 8.13. The molecule has 0 aromatic heterocycles. The minimum atomic E-state index is -0.433. The number of fused-ring (bicyclic) bond motifs is 1. The summed E-state index contributed by atoms with van der Waals surface area (Å²) in [4.78, 5) is 28.1. The Morgan fingerprint density at radius 1 is 1.17 bits per heavy atom. The van der Waals surface area contributed by atoms with Crippen LogP contribution < -0.4 is 5.73 Å². The van der Waals surface area contributed by atoms with E-state index in [1.165, 1.54) is 5.56 Å². The van der Waals surface area contributed by atoms with E-state index in [1.807, 2.05) is 34.1 Å². The number of carbonyl (C=O) groups is 2. The van der Waals surface area contributed by atoms with Crippen LogP contribution in [-0.4, -0.2) is 61.0 Å². The predicted molar refractivity (Wildman–Crippen MR) is 85.7 cm³/mol. The van der Waals surface area contributed by atoms with Crippen LogP contribution >= 0.6 is 0 Å². The number of nitrogens with two attached hydrogens (primary N) is 1. The summed E-state index contributed by atoms with van der Waals surface area (Å²) < 4.78 is 5.27. The van der Waals surface area contributed by atoms with Gasteiger partial charge in [-0.2, -0.15) is 0 Å². The van der Waals surface area contributed by atoms with Crippen LogP contribution in [0.4, 0.5) is 0 Å². The Bertz CT molecular complexity index is 584. The average molecular weight is 317 g/mol. The van der Waals surface area contributed by atoms with Crippen LogP contribution in [-0.2, 0) is 20.7 Å². The van der Waals surface area contributed by atoms with Gasteiger partial charge in [0.25, 0.3) is 0 Å². The van der Waals surface area contributed by atoms with Crippen LogP contribution in [0.3, 0.4) is 0 Å². The smallest absolute Gasteiger partial charge is 0.239 e. The number of carbonyl (C=O) groups excluding carboxylic acids is 2. The molecule has 0 bridgehead atoms. The van der Waals surface area contributed by atoms with E-state index < -0.39 is 6.04 Å². The number of hydrogen-bond acceptors (Lipinski definition) is 4.